The van der Waals surface area contributed by atoms with Crippen LogP contribution in [0.25, 0.3) is 0 Å². The molecule has 0 aromatic heterocycles. The number of hydrogen-bond acceptors (Lipinski definition) is 8. The number of hydrazone groups is 1. The summed E-state index contributed by atoms with van der Waals surface area (Å²) in [5.41, 5.74) is 4.86. The van der Waals surface area contributed by atoms with Crippen molar-refractivity contribution in [3.05, 3.63) is 57.6 Å². The Morgan fingerprint density at radius 2 is 2.03 bits per heavy atom. The smallest absolute Gasteiger partial charge is 0.269 e. The average Bonchev–Trinajstić information content (AvgIpc) is 3.13. The molecule has 2 aromatic rings. The molecule has 0 amide bonds. The fourth-order valence-corrected chi connectivity index (χ4v) is 6.46. The molecule has 1 saturated carbocycles. The van der Waals surface area contributed by atoms with Crippen LogP contribution < -0.4 is 10.2 Å². The van der Waals surface area contributed by atoms with Gasteiger partial charge in [-0.2, -0.15) is 5.10 Å². The molecule has 9 nitrogen and oxygen atoms in total. The highest BCUT2D eigenvalue weighted by Crippen LogP contribution is 2.64. The zero-order valence-corrected chi connectivity index (χ0v) is 17.6. The van der Waals surface area contributed by atoms with E-state index in [9.17, 15) is 20.3 Å². The van der Waals surface area contributed by atoms with Crippen LogP contribution in [0.15, 0.2) is 41.5 Å². The average molecular weight is 436 g/mol. The highest BCUT2D eigenvalue weighted by Gasteiger charge is 2.72. The number of nitro benzene ring substituents is 1. The number of phenolic OH excluding ortho intramolecular Hbond substituents is 1. The van der Waals surface area contributed by atoms with Gasteiger partial charge in [0.05, 0.1) is 27.3 Å². The van der Waals surface area contributed by atoms with Gasteiger partial charge in [-0.3, -0.25) is 15.5 Å². The van der Waals surface area contributed by atoms with Crippen molar-refractivity contribution in [1.29, 1.82) is 0 Å². The van der Waals surface area contributed by atoms with Crippen molar-refractivity contribution in [3.8, 4) is 11.5 Å². The summed E-state index contributed by atoms with van der Waals surface area (Å²) in [6, 6.07) is 9.68. The van der Waals surface area contributed by atoms with E-state index >= 15 is 0 Å². The number of nitro groups is 1. The molecule has 4 atom stereocenters. The van der Waals surface area contributed by atoms with E-state index in [-0.39, 0.29) is 17.5 Å². The molecule has 2 aliphatic heterocycles. The number of benzene rings is 2. The van der Waals surface area contributed by atoms with E-state index in [2.05, 4.69) is 22.5 Å². The summed E-state index contributed by atoms with van der Waals surface area (Å²) in [6.45, 7) is 0.824. The van der Waals surface area contributed by atoms with Crippen LogP contribution in [-0.4, -0.2) is 57.1 Å². The molecule has 0 unspecified atom stereocenters. The number of aromatic hydroxyl groups is 1. The quantitative estimate of drug-likeness (QED) is 0.499. The van der Waals surface area contributed by atoms with E-state index in [1.807, 2.05) is 6.07 Å². The predicted octanol–water partition coefficient (Wildman–Crippen LogP) is 2.55. The zero-order valence-electron chi connectivity index (χ0n) is 17.6. The number of piperidine rings is 1. The summed E-state index contributed by atoms with van der Waals surface area (Å²) < 4.78 is 6.37. The molecule has 4 aliphatic rings. The Hall–Kier alpha value is -3.17. The third-order valence-corrected chi connectivity index (χ3v) is 7.95. The van der Waals surface area contributed by atoms with Crippen LogP contribution >= 0.6 is 0 Å². The number of ether oxygens (including phenoxy) is 1. The lowest BCUT2D eigenvalue weighted by atomic mass is 9.49. The number of nitrogens with one attached hydrogen (secondary N) is 1. The van der Waals surface area contributed by atoms with E-state index in [1.54, 1.807) is 18.2 Å². The fraction of sp³-hybridized carbons (Fsp3) is 0.435. The third-order valence-electron chi connectivity index (χ3n) is 7.95. The second-order valence-electron chi connectivity index (χ2n) is 9.31. The van der Waals surface area contributed by atoms with Crippen LogP contribution in [0.4, 0.5) is 11.4 Å². The van der Waals surface area contributed by atoms with Gasteiger partial charge in [-0.05, 0) is 63.0 Å². The summed E-state index contributed by atoms with van der Waals surface area (Å²) in [5.74, 6) is 0.564. The van der Waals surface area contributed by atoms with Gasteiger partial charge < -0.3 is 19.8 Å². The number of nitrogens with zero attached hydrogens (tertiary/aromatic N) is 3. The van der Waals surface area contributed by atoms with Crippen molar-refractivity contribution < 1.29 is 19.9 Å². The van der Waals surface area contributed by atoms with Crippen LogP contribution in [0.5, 0.6) is 11.5 Å². The number of hydrogen-bond donors (Lipinski definition) is 3. The zero-order chi connectivity index (χ0) is 22.3. The molecule has 2 aliphatic carbocycles. The van der Waals surface area contributed by atoms with Gasteiger partial charge >= 0.3 is 0 Å². The maximum atomic E-state index is 12.1. The van der Waals surface area contributed by atoms with Gasteiger partial charge in [0.15, 0.2) is 17.6 Å². The number of phenols is 1. The Labute approximate surface area is 184 Å². The Kier molecular flexibility index (Phi) is 3.92. The lowest BCUT2D eigenvalue weighted by Gasteiger charge is -2.62. The van der Waals surface area contributed by atoms with Crippen molar-refractivity contribution in [3.63, 3.8) is 0 Å². The Balaban J connectivity index is 1.42. The topological polar surface area (TPSA) is 120 Å². The normalized spacial score (nSPS) is 33.5. The van der Waals surface area contributed by atoms with Crippen LogP contribution in [0, 0.1) is 10.1 Å². The van der Waals surface area contributed by atoms with Gasteiger partial charge in [-0.25, -0.2) is 0 Å². The maximum absolute atomic E-state index is 12.1. The second kappa shape index (κ2) is 6.43. The van der Waals surface area contributed by atoms with Crippen molar-refractivity contribution in [1.82, 2.24) is 4.90 Å². The molecule has 2 aromatic carbocycles. The molecule has 6 rings (SSSR count). The minimum absolute atomic E-state index is 0.0157. The number of rotatable bonds is 3. The van der Waals surface area contributed by atoms with Crippen LogP contribution in [0.2, 0.25) is 0 Å². The number of likely N-dealkylation sites (N-methyl/N-ethyl adjacent to an activating group) is 1. The van der Waals surface area contributed by atoms with Crippen molar-refractivity contribution in [2.75, 3.05) is 19.0 Å². The summed E-state index contributed by atoms with van der Waals surface area (Å²) in [4.78, 5) is 12.7. The molecular weight excluding hydrogens is 412 g/mol. The number of anilines is 1. The first-order valence-electron chi connectivity index (χ1n) is 10.9. The van der Waals surface area contributed by atoms with Gasteiger partial charge in [0, 0.05) is 23.7 Å². The monoisotopic (exact) mass is 436 g/mol. The Morgan fingerprint density at radius 3 is 2.78 bits per heavy atom. The molecule has 2 heterocycles. The number of non-ortho nitro benzene ring substituents is 1. The molecule has 2 fully saturated rings. The van der Waals surface area contributed by atoms with Crippen LogP contribution in [0.3, 0.4) is 0 Å². The maximum Gasteiger partial charge on any atom is 0.269 e. The molecule has 9 heteroatoms. The van der Waals surface area contributed by atoms with E-state index in [4.69, 9.17) is 4.74 Å². The van der Waals surface area contributed by atoms with Gasteiger partial charge in [-0.15, -0.1) is 0 Å². The molecule has 1 spiro atoms. The Morgan fingerprint density at radius 1 is 1.25 bits per heavy atom. The van der Waals surface area contributed by atoms with Gasteiger partial charge in [0.2, 0.25) is 0 Å². The molecule has 2 bridgehead atoms. The minimum Gasteiger partial charge on any atom is -0.504 e. The van der Waals surface area contributed by atoms with Crippen molar-refractivity contribution >= 4 is 17.1 Å². The summed E-state index contributed by atoms with van der Waals surface area (Å²) >= 11 is 0. The molecule has 0 radical (unpaired) electrons. The van der Waals surface area contributed by atoms with Gasteiger partial charge in [0.25, 0.3) is 5.69 Å². The predicted molar refractivity (Wildman–Crippen MR) is 117 cm³/mol. The first-order valence-corrected chi connectivity index (χ1v) is 10.9. The van der Waals surface area contributed by atoms with Crippen LogP contribution in [-0.2, 0) is 11.8 Å². The minimum atomic E-state index is -0.969. The van der Waals surface area contributed by atoms with Crippen molar-refractivity contribution in [2.45, 2.75) is 48.8 Å². The summed E-state index contributed by atoms with van der Waals surface area (Å²) in [6.07, 6.45) is 2.06. The highest BCUT2D eigenvalue weighted by atomic mass is 16.6. The molecular formula is C23H24N4O5. The summed E-state index contributed by atoms with van der Waals surface area (Å²) in [5, 5.41) is 38.2. The van der Waals surface area contributed by atoms with Crippen molar-refractivity contribution in [2.24, 2.45) is 5.10 Å². The summed E-state index contributed by atoms with van der Waals surface area (Å²) in [7, 11) is 2.06. The van der Waals surface area contributed by atoms with Crippen LogP contribution in [0.1, 0.15) is 30.4 Å². The Bertz CT molecular complexity index is 1170. The van der Waals surface area contributed by atoms with Gasteiger partial charge in [-0.1, -0.05) is 6.07 Å². The largest absolute Gasteiger partial charge is 0.504 e. The lowest BCUT2D eigenvalue weighted by Crippen LogP contribution is -2.76. The van der Waals surface area contributed by atoms with E-state index < -0.39 is 22.0 Å². The molecule has 32 heavy (non-hydrogen) atoms. The standard InChI is InChI=1S/C23H24N4O5/c1-26-11-10-22-19-13-2-7-17(28)20(19)32-21(22)16(8-9-23(22,29)18(26)12-13)25-24-14-3-5-15(6-4-14)27(30)31/h2-7,18,21,24,28-29H,8-12H2,1H3/b25-16-/t18-,21+,22+,23-/m1/s1. The first kappa shape index (κ1) is 19.5. The third kappa shape index (κ3) is 2.32. The van der Waals surface area contributed by atoms with Gasteiger partial charge in [0.1, 0.15) is 0 Å². The van der Waals surface area contributed by atoms with E-state index in [0.717, 1.165) is 29.8 Å². The van der Waals surface area contributed by atoms with E-state index in [0.29, 0.717) is 30.7 Å². The molecule has 1 saturated heterocycles. The lowest BCUT2D eigenvalue weighted by molar-refractivity contribution is -0.384. The first-order chi connectivity index (χ1) is 15.3. The number of aliphatic hydroxyl groups is 1. The molecule has 3 N–H and O–H groups in total. The highest BCUT2D eigenvalue weighted by molar-refractivity contribution is 5.95. The SMILES string of the molecule is CN1CC[C@]23c4c5ccc(O)c4O[C@H]2/C(=N\Nc2ccc([N+](=O)[O-])cc2)CC[C@@]3(O)[C@H]1C5. The fourth-order valence-electron chi connectivity index (χ4n) is 6.46. The number of likely N-dealkylation sites (tertiary alicyclic amines) is 1. The second-order valence-corrected chi connectivity index (χ2v) is 9.31. The van der Waals surface area contributed by atoms with E-state index in [1.165, 1.54) is 12.1 Å². The molecule has 166 valence electrons.